The minimum absolute atomic E-state index is 0.0931. The highest BCUT2D eigenvalue weighted by atomic mass is 35.5. The number of para-hydroxylation sites is 2. The van der Waals surface area contributed by atoms with Gasteiger partial charge in [0.2, 0.25) is 5.91 Å². The Morgan fingerprint density at radius 1 is 1.10 bits per heavy atom. The molecule has 164 valence electrons. The van der Waals surface area contributed by atoms with Crippen LogP contribution in [-0.2, 0) is 4.79 Å². The van der Waals surface area contributed by atoms with Crippen molar-refractivity contribution in [1.29, 1.82) is 0 Å². The average molecular weight is 461 g/mol. The minimum atomic E-state index is -0.358. The van der Waals surface area contributed by atoms with E-state index in [2.05, 4.69) is 15.5 Å². The molecule has 0 spiro atoms. The predicted molar refractivity (Wildman–Crippen MR) is 123 cm³/mol. The van der Waals surface area contributed by atoms with Gasteiger partial charge in [0.05, 0.1) is 12.9 Å². The lowest BCUT2D eigenvalue weighted by molar-refractivity contribution is -0.113. The molecule has 0 aliphatic carbocycles. The summed E-state index contributed by atoms with van der Waals surface area (Å²) in [6.45, 7) is 6.00. The third-order valence-corrected chi connectivity index (χ3v) is 5.60. The van der Waals surface area contributed by atoms with E-state index in [-0.39, 0.29) is 23.8 Å². The number of halogens is 1. The molecule has 2 aromatic carbocycles. The number of rotatable bonds is 9. The van der Waals surface area contributed by atoms with E-state index >= 15 is 0 Å². The minimum Gasteiger partial charge on any atom is -0.493 e. The third kappa shape index (κ3) is 5.92. The fourth-order valence-corrected chi connectivity index (χ4v) is 3.97. The van der Waals surface area contributed by atoms with E-state index < -0.39 is 0 Å². The predicted octanol–water partition coefficient (Wildman–Crippen LogP) is 5.39. The topological polar surface area (TPSA) is 78.3 Å². The molecule has 1 amide bonds. The number of anilines is 1. The fraction of sp³-hybridized carbons (Fsp3) is 0.318. The normalized spacial score (nSPS) is 11.9. The van der Waals surface area contributed by atoms with E-state index in [0.29, 0.717) is 33.2 Å². The first kappa shape index (κ1) is 23.0. The lowest BCUT2D eigenvalue weighted by Crippen LogP contribution is -2.16. The van der Waals surface area contributed by atoms with Crippen molar-refractivity contribution in [2.45, 2.75) is 38.1 Å². The molecular formula is C22H25ClN4O3S. The molecule has 9 heteroatoms. The van der Waals surface area contributed by atoms with Crippen LogP contribution < -0.4 is 14.8 Å². The smallest absolute Gasteiger partial charge is 0.234 e. The highest BCUT2D eigenvalue weighted by Gasteiger charge is 2.23. The molecule has 3 aromatic rings. The van der Waals surface area contributed by atoms with Gasteiger partial charge in [-0.15, -0.1) is 10.2 Å². The van der Waals surface area contributed by atoms with Gasteiger partial charge in [0.25, 0.3) is 0 Å². The van der Waals surface area contributed by atoms with Crippen LogP contribution in [0.1, 0.15) is 38.7 Å². The number of amides is 1. The molecule has 0 aliphatic heterocycles. The van der Waals surface area contributed by atoms with Crippen molar-refractivity contribution < 1.29 is 14.3 Å². The molecule has 3 rings (SSSR count). The first-order valence-electron chi connectivity index (χ1n) is 9.81. The molecule has 0 saturated carbocycles. The van der Waals surface area contributed by atoms with E-state index in [0.717, 1.165) is 0 Å². The molecule has 1 aromatic heterocycles. The second-order valence-corrected chi connectivity index (χ2v) is 8.44. The Balaban J connectivity index is 1.69. The number of nitrogens with zero attached hydrogens (tertiary/aromatic N) is 3. The highest BCUT2D eigenvalue weighted by molar-refractivity contribution is 7.99. The van der Waals surface area contributed by atoms with Crippen LogP contribution in [-0.4, -0.2) is 33.5 Å². The Hall–Kier alpha value is -2.71. The maximum absolute atomic E-state index is 12.3. The summed E-state index contributed by atoms with van der Waals surface area (Å²) in [5.41, 5.74) is 0.694. The van der Waals surface area contributed by atoms with Crippen LogP contribution in [0.3, 0.4) is 0 Å². The Bertz CT molecular complexity index is 1020. The van der Waals surface area contributed by atoms with E-state index in [9.17, 15) is 4.79 Å². The van der Waals surface area contributed by atoms with Crippen LogP contribution >= 0.6 is 23.4 Å². The molecule has 0 saturated heterocycles. The molecule has 7 nitrogen and oxygen atoms in total. The SMILES string of the molecule is COc1ccccc1OC(C)c1nnc(SCC(=O)Nc2ccc(Cl)cc2)n1C(C)C. The summed E-state index contributed by atoms with van der Waals surface area (Å²) < 4.78 is 13.4. The Morgan fingerprint density at radius 2 is 1.77 bits per heavy atom. The van der Waals surface area contributed by atoms with Gasteiger partial charge in [0.15, 0.2) is 28.6 Å². The van der Waals surface area contributed by atoms with Gasteiger partial charge in [-0.1, -0.05) is 35.5 Å². The standard InChI is InChI=1S/C22H25ClN4O3S/c1-14(2)27-21(15(3)30-19-8-6-5-7-18(19)29-4)25-26-22(27)31-13-20(28)24-17-11-9-16(23)10-12-17/h5-12,14-15H,13H2,1-4H3,(H,24,28). The fourth-order valence-electron chi connectivity index (χ4n) is 2.97. The summed E-state index contributed by atoms with van der Waals surface area (Å²) in [4.78, 5) is 12.3. The van der Waals surface area contributed by atoms with Crippen LogP contribution in [0.4, 0.5) is 5.69 Å². The van der Waals surface area contributed by atoms with Crippen molar-refractivity contribution in [3.05, 3.63) is 59.4 Å². The summed E-state index contributed by atoms with van der Waals surface area (Å²) in [6, 6.07) is 14.5. The van der Waals surface area contributed by atoms with Crippen LogP contribution in [0.25, 0.3) is 0 Å². The number of aromatic nitrogens is 3. The van der Waals surface area contributed by atoms with Crippen molar-refractivity contribution in [3.63, 3.8) is 0 Å². The van der Waals surface area contributed by atoms with Crippen LogP contribution in [0.5, 0.6) is 11.5 Å². The maximum atomic E-state index is 12.3. The summed E-state index contributed by atoms with van der Waals surface area (Å²) in [5.74, 6) is 2.03. The number of ether oxygens (including phenoxy) is 2. The first-order valence-corrected chi connectivity index (χ1v) is 11.2. The second kappa shape index (κ2) is 10.5. The van der Waals surface area contributed by atoms with Crippen LogP contribution in [0, 0.1) is 0 Å². The van der Waals surface area contributed by atoms with Crippen molar-refractivity contribution in [2.75, 3.05) is 18.2 Å². The molecule has 0 radical (unpaired) electrons. The Morgan fingerprint density at radius 3 is 2.42 bits per heavy atom. The molecule has 1 atom stereocenters. The monoisotopic (exact) mass is 460 g/mol. The van der Waals surface area contributed by atoms with E-state index in [4.69, 9.17) is 21.1 Å². The van der Waals surface area contributed by atoms with E-state index in [1.165, 1.54) is 11.8 Å². The quantitative estimate of drug-likeness (QED) is 0.431. The number of methoxy groups -OCH3 is 1. The Kier molecular flexibility index (Phi) is 7.81. The molecule has 31 heavy (non-hydrogen) atoms. The van der Waals surface area contributed by atoms with Gasteiger partial charge in [-0.25, -0.2) is 0 Å². The molecule has 1 heterocycles. The van der Waals surface area contributed by atoms with Crippen LogP contribution in [0.15, 0.2) is 53.7 Å². The number of thioether (sulfide) groups is 1. The average Bonchev–Trinajstić information content (AvgIpc) is 3.19. The third-order valence-electron chi connectivity index (χ3n) is 4.40. The molecule has 1 N–H and O–H groups in total. The number of hydrogen-bond donors (Lipinski definition) is 1. The highest BCUT2D eigenvalue weighted by Crippen LogP contribution is 2.32. The zero-order valence-electron chi connectivity index (χ0n) is 17.8. The van der Waals surface area contributed by atoms with Gasteiger partial charge in [0.1, 0.15) is 0 Å². The van der Waals surface area contributed by atoms with E-state index in [1.54, 1.807) is 31.4 Å². The van der Waals surface area contributed by atoms with Crippen molar-refractivity contribution in [3.8, 4) is 11.5 Å². The molecule has 0 bridgehead atoms. The number of hydrogen-bond acceptors (Lipinski definition) is 6. The van der Waals surface area contributed by atoms with Gasteiger partial charge in [-0.2, -0.15) is 0 Å². The number of benzene rings is 2. The molecular weight excluding hydrogens is 436 g/mol. The molecule has 1 unspecified atom stereocenters. The number of carbonyl (C=O) groups is 1. The second-order valence-electron chi connectivity index (χ2n) is 7.06. The Labute approximate surface area is 191 Å². The van der Waals surface area contributed by atoms with Gasteiger partial charge in [-0.3, -0.25) is 4.79 Å². The lowest BCUT2D eigenvalue weighted by atomic mass is 10.3. The van der Waals surface area contributed by atoms with Gasteiger partial charge in [-0.05, 0) is 57.2 Å². The van der Waals surface area contributed by atoms with Crippen LogP contribution in [0.2, 0.25) is 5.02 Å². The van der Waals surface area contributed by atoms with Gasteiger partial charge in [0, 0.05) is 16.8 Å². The summed E-state index contributed by atoms with van der Waals surface area (Å²) in [6.07, 6.45) is -0.358. The maximum Gasteiger partial charge on any atom is 0.234 e. The zero-order valence-corrected chi connectivity index (χ0v) is 19.4. The first-order chi connectivity index (χ1) is 14.9. The zero-order chi connectivity index (χ0) is 22.4. The molecule has 0 fully saturated rings. The summed E-state index contributed by atoms with van der Waals surface area (Å²) >= 11 is 7.21. The molecule has 0 aliphatic rings. The largest absolute Gasteiger partial charge is 0.493 e. The van der Waals surface area contributed by atoms with Crippen molar-refractivity contribution in [2.24, 2.45) is 0 Å². The van der Waals surface area contributed by atoms with Gasteiger partial charge < -0.3 is 19.4 Å². The number of nitrogens with one attached hydrogen (secondary N) is 1. The summed E-state index contributed by atoms with van der Waals surface area (Å²) in [5, 5.41) is 12.8. The van der Waals surface area contributed by atoms with Crippen molar-refractivity contribution >= 4 is 35.0 Å². The van der Waals surface area contributed by atoms with Gasteiger partial charge >= 0.3 is 0 Å². The lowest BCUT2D eigenvalue weighted by Gasteiger charge is -2.19. The number of carbonyl (C=O) groups excluding carboxylic acids is 1. The summed E-state index contributed by atoms with van der Waals surface area (Å²) in [7, 11) is 1.60. The van der Waals surface area contributed by atoms with Crippen molar-refractivity contribution in [1.82, 2.24) is 14.8 Å². The van der Waals surface area contributed by atoms with E-state index in [1.807, 2.05) is 49.6 Å².